The fourth-order valence-electron chi connectivity index (χ4n) is 3.63. The quantitative estimate of drug-likeness (QED) is 0.576. The number of carbonyl (C=O) groups is 1. The van der Waals surface area contributed by atoms with Crippen LogP contribution in [0.4, 0.5) is 0 Å². The van der Waals surface area contributed by atoms with Crippen LogP contribution in [0.2, 0.25) is 0 Å². The zero-order valence-electron chi connectivity index (χ0n) is 17.3. The first-order valence-electron chi connectivity index (χ1n) is 10.2. The van der Waals surface area contributed by atoms with Crippen molar-refractivity contribution in [3.05, 3.63) is 52.7 Å². The minimum absolute atomic E-state index is 0.0694. The molecule has 1 aromatic carbocycles. The van der Waals surface area contributed by atoms with Crippen LogP contribution < -0.4 is 4.74 Å². The Hall–Kier alpha value is -2.71. The Balaban J connectivity index is 1.22. The lowest BCUT2D eigenvalue weighted by Crippen LogP contribution is -2.48. The molecule has 2 aromatic heterocycles. The van der Waals surface area contributed by atoms with Gasteiger partial charge in [-0.25, -0.2) is 0 Å². The van der Waals surface area contributed by atoms with Crippen LogP contribution in [-0.2, 0) is 6.42 Å². The summed E-state index contributed by atoms with van der Waals surface area (Å²) in [6.07, 6.45) is 1.72. The van der Waals surface area contributed by atoms with Gasteiger partial charge in [-0.05, 0) is 49.0 Å². The number of nitrogens with zero attached hydrogens (tertiary/aromatic N) is 4. The molecule has 0 saturated carbocycles. The zero-order chi connectivity index (χ0) is 20.9. The van der Waals surface area contributed by atoms with E-state index in [1.807, 2.05) is 47.5 Å². The molecular formula is C22H26N4O3S. The standard InChI is InChI=1S/C22H26N4O3S/c1-16-7-8-17(15-18(16)28-2)22(27)26-12-10-25(11-13-26)9-3-6-20-23-21(24-29-20)19-5-4-14-30-19/h4-5,7-8,14-15H,3,6,9-13H2,1-2H3. The highest BCUT2D eigenvalue weighted by atomic mass is 32.1. The lowest BCUT2D eigenvalue weighted by molar-refractivity contribution is 0.0635. The lowest BCUT2D eigenvalue weighted by Gasteiger charge is -2.34. The molecule has 0 atom stereocenters. The molecule has 158 valence electrons. The van der Waals surface area contributed by atoms with E-state index < -0.39 is 0 Å². The van der Waals surface area contributed by atoms with Gasteiger partial charge in [-0.1, -0.05) is 17.3 Å². The second-order valence-electron chi connectivity index (χ2n) is 7.41. The van der Waals surface area contributed by atoms with E-state index in [9.17, 15) is 4.79 Å². The summed E-state index contributed by atoms with van der Waals surface area (Å²) in [4.78, 5) is 22.6. The minimum atomic E-state index is 0.0694. The second-order valence-corrected chi connectivity index (χ2v) is 8.36. The van der Waals surface area contributed by atoms with Gasteiger partial charge in [-0.2, -0.15) is 4.98 Å². The van der Waals surface area contributed by atoms with Crippen LogP contribution >= 0.6 is 11.3 Å². The van der Waals surface area contributed by atoms with E-state index >= 15 is 0 Å². The van der Waals surface area contributed by atoms with Gasteiger partial charge in [0.25, 0.3) is 5.91 Å². The van der Waals surface area contributed by atoms with Gasteiger partial charge in [0.2, 0.25) is 11.7 Å². The van der Waals surface area contributed by atoms with E-state index in [1.54, 1.807) is 18.4 Å². The van der Waals surface area contributed by atoms with Gasteiger partial charge in [0.15, 0.2) is 0 Å². The molecule has 1 aliphatic heterocycles. The highest BCUT2D eigenvalue weighted by Gasteiger charge is 2.22. The Morgan fingerprint density at radius 2 is 2.07 bits per heavy atom. The van der Waals surface area contributed by atoms with Crippen LogP contribution in [0.15, 0.2) is 40.2 Å². The molecule has 0 unspecified atom stereocenters. The van der Waals surface area contributed by atoms with E-state index in [1.165, 1.54) is 0 Å². The van der Waals surface area contributed by atoms with Gasteiger partial charge in [0, 0.05) is 38.2 Å². The number of aromatic nitrogens is 2. The van der Waals surface area contributed by atoms with Crippen molar-refractivity contribution in [1.29, 1.82) is 0 Å². The Morgan fingerprint density at radius 1 is 1.23 bits per heavy atom. The molecule has 3 aromatic rings. The van der Waals surface area contributed by atoms with Gasteiger partial charge in [0.05, 0.1) is 12.0 Å². The maximum absolute atomic E-state index is 12.8. The van der Waals surface area contributed by atoms with Crippen LogP contribution in [-0.4, -0.2) is 65.7 Å². The lowest BCUT2D eigenvalue weighted by atomic mass is 10.1. The fraction of sp³-hybridized carbons (Fsp3) is 0.409. The van der Waals surface area contributed by atoms with E-state index in [2.05, 4.69) is 15.0 Å². The average molecular weight is 427 g/mol. The van der Waals surface area contributed by atoms with Gasteiger partial charge < -0.3 is 14.2 Å². The second kappa shape index (κ2) is 9.40. The number of benzene rings is 1. The summed E-state index contributed by atoms with van der Waals surface area (Å²) in [6, 6.07) is 9.62. The SMILES string of the molecule is COc1cc(C(=O)N2CCN(CCCc3nc(-c4cccs4)no3)CC2)ccc1C. The predicted molar refractivity (Wildman–Crippen MR) is 116 cm³/mol. The molecule has 0 N–H and O–H groups in total. The van der Waals surface area contributed by atoms with Crippen molar-refractivity contribution < 1.29 is 14.1 Å². The highest BCUT2D eigenvalue weighted by Crippen LogP contribution is 2.22. The van der Waals surface area contributed by atoms with Gasteiger partial charge in [-0.3, -0.25) is 9.69 Å². The first kappa shape index (κ1) is 20.6. The molecule has 0 aliphatic carbocycles. The van der Waals surface area contributed by atoms with Crippen molar-refractivity contribution in [3.63, 3.8) is 0 Å². The number of methoxy groups -OCH3 is 1. The number of hydrogen-bond donors (Lipinski definition) is 0. The number of amides is 1. The van der Waals surface area contributed by atoms with E-state index in [4.69, 9.17) is 9.26 Å². The molecular weight excluding hydrogens is 400 g/mol. The van der Waals surface area contributed by atoms with Gasteiger partial charge in [0.1, 0.15) is 5.75 Å². The Bertz CT molecular complexity index is 978. The third-order valence-corrected chi connectivity index (χ3v) is 6.25. The molecule has 7 nitrogen and oxygen atoms in total. The highest BCUT2D eigenvalue weighted by molar-refractivity contribution is 7.13. The van der Waals surface area contributed by atoms with Crippen molar-refractivity contribution in [3.8, 4) is 16.5 Å². The molecule has 30 heavy (non-hydrogen) atoms. The number of ether oxygens (including phenoxy) is 1. The van der Waals surface area contributed by atoms with E-state index in [0.29, 0.717) is 17.3 Å². The van der Waals surface area contributed by atoms with Gasteiger partial charge in [-0.15, -0.1) is 11.3 Å². The number of thiophene rings is 1. The normalized spacial score (nSPS) is 14.8. The molecule has 1 aliphatic rings. The monoisotopic (exact) mass is 426 g/mol. The Kier molecular flexibility index (Phi) is 6.44. The molecule has 0 radical (unpaired) electrons. The van der Waals surface area contributed by atoms with Crippen molar-refractivity contribution in [2.45, 2.75) is 19.8 Å². The van der Waals surface area contributed by atoms with E-state index in [0.717, 1.165) is 61.8 Å². The molecule has 4 rings (SSSR count). The Morgan fingerprint density at radius 3 is 2.80 bits per heavy atom. The first-order valence-corrected chi connectivity index (χ1v) is 11.0. The molecule has 0 spiro atoms. The first-order chi connectivity index (χ1) is 14.6. The maximum Gasteiger partial charge on any atom is 0.254 e. The summed E-state index contributed by atoms with van der Waals surface area (Å²) in [6.45, 7) is 6.15. The Labute approximate surface area is 180 Å². The van der Waals surface area contributed by atoms with Crippen LogP contribution in [0.1, 0.15) is 28.2 Å². The third-order valence-electron chi connectivity index (χ3n) is 5.39. The molecule has 1 fully saturated rings. The fourth-order valence-corrected chi connectivity index (χ4v) is 4.28. The zero-order valence-corrected chi connectivity index (χ0v) is 18.2. The molecule has 1 amide bonds. The molecule has 3 heterocycles. The average Bonchev–Trinajstić information content (AvgIpc) is 3.46. The summed E-state index contributed by atoms with van der Waals surface area (Å²) in [5.74, 6) is 2.17. The predicted octanol–water partition coefficient (Wildman–Crippen LogP) is 3.51. The summed E-state index contributed by atoms with van der Waals surface area (Å²) in [7, 11) is 1.63. The van der Waals surface area contributed by atoms with Crippen LogP contribution in [0.25, 0.3) is 10.7 Å². The van der Waals surface area contributed by atoms with Crippen molar-refractivity contribution in [2.24, 2.45) is 0 Å². The van der Waals surface area contributed by atoms with Gasteiger partial charge >= 0.3 is 0 Å². The third kappa shape index (κ3) is 4.71. The number of hydrogen-bond acceptors (Lipinski definition) is 7. The molecule has 1 saturated heterocycles. The van der Waals surface area contributed by atoms with Crippen molar-refractivity contribution >= 4 is 17.2 Å². The number of rotatable bonds is 7. The van der Waals surface area contributed by atoms with Crippen LogP contribution in [0.3, 0.4) is 0 Å². The molecule has 8 heteroatoms. The largest absolute Gasteiger partial charge is 0.496 e. The number of aryl methyl sites for hydroxylation is 2. The smallest absolute Gasteiger partial charge is 0.254 e. The number of piperazine rings is 1. The maximum atomic E-state index is 12.8. The van der Waals surface area contributed by atoms with Crippen LogP contribution in [0, 0.1) is 6.92 Å². The van der Waals surface area contributed by atoms with E-state index in [-0.39, 0.29) is 5.91 Å². The van der Waals surface area contributed by atoms with Crippen molar-refractivity contribution in [1.82, 2.24) is 19.9 Å². The summed E-state index contributed by atoms with van der Waals surface area (Å²) in [5.41, 5.74) is 1.71. The van der Waals surface area contributed by atoms with Crippen molar-refractivity contribution in [2.75, 3.05) is 39.8 Å². The topological polar surface area (TPSA) is 71.7 Å². The summed E-state index contributed by atoms with van der Waals surface area (Å²) in [5, 5.41) is 6.06. The number of carbonyl (C=O) groups excluding carboxylic acids is 1. The molecule has 0 bridgehead atoms. The summed E-state index contributed by atoms with van der Waals surface area (Å²) >= 11 is 1.61. The minimum Gasteiger partial charge on any atom is -0.496 e. The van der Waals surface area contributed by atoms with Crippen LogP contribution in [0.5, 0.6) is 5.75 Å². The summed E-state index contributed by atoms with van der Waals surface area (Å²) < 4.78 is 10.7.